The van der Waals surface area contributed by atoms with Gasteiger partial charge in [0.05, 0.1) is 5.56 Å². The minimum Gasteiger partial charge on any atom is -0.353 e. The molecule has 0 aromatic carbocycles. The molecule has 0 unspecified atom stereocenters. The highest BCUT2D eigenvalue weighted by atomic mass is 32.2. The first-order valence-electron chi connectivity index (χ1n) is 5.87. The molecule has 2 heterocycles. The topological polar surface area (TPSA) is 64.4 Å². The van der Waals surface area contributed by atoms with E-state index >= 15 is 0 Å². The van der Waals surface area contributed by atoms with Gasteiger partial charge in [0.25, 0.3) is 5.88 Å². The molecule has 0 radical (unpaired) electrons. The van der Waals surface area contributed by atoms with Crippen LogP contribution in [0.1, 0.15) is 11.3 Å². The fraction of sp³-hybridized carbons (Fsp3) is 0.545. The van der Waals surface area contributed by atoms with E-state index in [2.05, 4.69) is 15.2 Å². The first-order chi connectivity index (χ1) is 9.65. The quantitative estimate of drug-likeness (QED) is 0.466. The SMILES string of the molecule is C#CCn1nc(OS(=O)(=O)C(F)(F)F)c2c1CCN(C)C2. The number of rotatable bonds is 3. The molecule has 1 aromatic heterocycles. The van der Waals surface area contributed by atoms with Crippen LogP contribution < -0.4 is 4.18 Å². The van der Waals surface area contributed by atoms with Crippen LogP contribution in [0.15, 0.2) is 0 Å². The number of nitrogens with zero attached hydrogens (tertiary/aromatic N) is 3. The Morgan fingerprint density at radius 3 is 2.71 bits per heavy atom. The van der Waals surface area contributed by atoms with Crippen molar-refractivity contribution in [1.29, 1.82) is 0 Å². The molecule has 10 heteroatoms. The number of likely N-dealkylation sites (N-methyl/N-ethyl adjacent to an activating group) is 1. The van der Waals surface area contributed by atoms with Gasteiger partial charge < -0.3 is 9.08 Å². The molecular weight excluding hydrogens is 311 g/mol. The lowest BCUT2D eigenvalue weighted by atomic mass is 10.1. The fourth-order valence-corrected chi connectivity index (χ4v) is 2.47. The predicted octanol–water partition coefficient (Wildman–Crippen LogP) is 0.733. The van der Waals surface area contributed by atoms with Crippen molar-refractivity contribution >= 4 is 10.1 Å². The van der Waals surface area contributed by atoms with E-state index < -0.39 is 21.5 Å². The lowest BCUT2D eigenvalue weighted by Gasteiger charge is -2.22. The summed E-state index contributed by atoms with van der Waals surface area (Å²) in [5.41, 5.74) is -4.60. The Labute approximate surface area is 119 Å². The third kappa shape index (κ3) is 2.98. The Balaban J connectivity index is 2.43. The van der Waals surface area contributed by atoms with Gasteiger partial charge in [0.1, 0.15) is 6.54 Å². The average molecular weight is 323 g/mol. The van der Waals surface area contributed by atoms with E-state index in [-0.39, 0.29) is 13.1 Å². The van der Waals surface area contributed by atoms with Gasteiger partial charge in [0.15, 0.2) is 0 Å². The van der Waals surface area contributed by atoms with Gasteiger partial charge in [-0.25, -0.2) is 0 Å². The van der Waals surface area contributed by atoms with Gasteiger partial charge in [-0.3, -0.25) is 4.68 Å². The van der Waals surface area contributed by atoms with E-state index in [1.165, 1.54) is 4.68 Å². The minimum atomic E-state index is -5.75. The van der Waals surface area contributed by atoms with Gasteiger partial charge in [-0.05, 0) is 7.05 Å². The Morgan fingerprint density at radius 2 is 2.14 bits per heavy atom. The van der Waals surface area contributed by atoms with Crippen molar-refractivity contribution in [3.05, 3.63) is 11.3 Å². The Hall–Kier alpha value is -1.73. The molecule has 2 rings (SSSR count). The molecule has 1 aromatic rings. The molecular formula is C11H12F3N3O3S. The highest BCUT2D eigenvalue weighted by Gasteiger charge is 2.49. The second-order valence-electron chi connectivity index (χ2n) is 4.56. The molecule has 0 fully saturated rings. The summed E-state index contributed by atoms with van der Waals surface area (Å²) in [6.07, 6.45) is 5.66. The van der Waals surface area contributed by atoms with Crippen molar-refractivity contribution in [1.82, 2.24) is 14.7 Å². The number of hydrogen-bond acceptors (Lipinski definition) is 5. The first-order valence-corrected chi connectivity index (χ1v) is 7.28. The summed E-state index contributed by atoms with van der Waals surface area (Å²) >= 11 is 0. The predicted molar refractivity (Wildman–Crippen MR) is 66.7 cm³/mol. The summed E-state index contributed by atoms with van der Waals surface area (Å²) in [7, 11) is -4.00. The van der Waals surface area contributed by atoms with Crippen LogP contribution in [-0.2, 0) is 29.6 Å². The van der Waals surface area contributed by atoms with Crippen molar-refractivity contribution in [2.24, 2.45) is 0 Å². The van der Waals surface area contributed by atoms with Crippen LogP contribution in [0.5, 0.6) is 5.88 Å². The maximum Gasteiger partial charge on any atom is 0.534 e. The second kappa shape index (κ2) is 5.23. The summed E-state index contributed by atoms with van der Waals surface area (Å²) in [4.78, 5) is 1.82. The molecule has 0 saturated heterocycles. The zero-order valence-electron chi connectivity index (χ0n) is 11.0. The summed E-state index contributed by atoms with van der Waals surface area (Å²) < 4.78 is 64.8. The molecule has 6 nitrogen and oxygen atoms in total. The maximum absolute atomic E-state index is 12.4. The molecule has 1 aliphatic rings. The summed E-state index contributed by atoms with van der Waals surface area (Å²) in [5.74, 6) is 1.75. The standard InChI is InChI=1S/C11H12F3N3O3S/c1-3-5-17-9-4-6-16(2)7-8(9)10(15-17)20-21(18,19)11(12,13)14/h1H,4-7H2,2H3. The number of halogens is 3. The van der Waals surface area contributed by atoms with Gasteiger partial charge >= 0.3 is 15.6 Å². The lowest BCUT2D eigenvalue weighted by Crippen LogP contribution is -2.30. The highest BCUT2D eigenvalue weighted by molar-refractivity contribution is 7.87. The molecule has 21 heavy (non-hydrogen) atoms. The molecule has 0 saturated carbocycles. The Kier molecular flexibility index (Phi) is 3.90. The third-order valence-electron chi connectivity index (χ3n) is 3.00. The van der Waals surface area contributed by atoms with Crippen molar-refractivity contribution in [3.8, 4) is 18.2 Å². The monoisotopic (exact) mass is 323 g/mol. The van der Waals surface area contributed by atoms with Crippen molar-refractivity contribution in [3.63, 3.8) is 0 Å². The molecule has 0 aliphatic carbocycles. The molecule has 0 spiro atoms. The second-order valence-corrected chi connectivity index (χ2v) is 6.10. The minimum absolute atomic E-state index is 0.0292. The van der Waals surface area contributed by atoms with Crippen LogP contribution in [0.4, 0.5) is 13.2 Å². The van der Waals surface area contributed by atoms with Gasteiger partial charge in [-0.15, -0.1) is 11.5 Å². The van der Waals surface area contributed by atoms with Gasteiger partial charge in [0, 0.05) is 25.2 Å². The van der Waals surface area contributed by atoms with Crippen LogP contribution in [0.3, 0.4) is 0 Å². The van der Waals surface area contributed by atoms with Crippen molar-refractivity contribution < 1.29 is 25.8 Å². The van der Waals surface area contributed by atoms with Crippen LogP contribution >= 0.6 is 0 Å². The average Bonchev–Trinajstić information content (AvgIpc) is 2.65. The zero-order valence-corrected chi connectivity index (χ0v) is 11.8. The summed E-state index contributed by atoms with van der Waals surface area (Å²) in [6, 6.07) is 0. The molecule has 0 amide bonds. The number of alkyl halides is 3. The van der Waals surface area contributed by atoms with E-state index in [1.807, 2.05) is 4.90 Å². The normalized spacial score (nSPS) is 16.3. The smallest absolute Gasteiger partial charge is 0.353 e. The van der Waals surface area contributed by atoms with Crippen molar-refractivity contribution in [2.75, 3.05) is 13.6 Å². The number of aromatic nitrogens is 2. The summed E-state index contributed by atoms with van der Waals surface area (Å²) in [5, 5.41) is 3.76. The van der Waals surface area contributed by atoms with Crippen LogP contribution in [-0.4, -0.2) is 42.2 Å². The molecule has 116 valence electrons. The Bertz CT molecular complexity index is 688. The van der Waals surface area contributed by atoms with Gasteiger partial charge in [-0.1, -0.05) is 5.92 Å². The lowest BCUT2D eigenvalue weighted by molar-refractivity contribution is -0.0501. The van der Waals surface area contributed by atoms with E-state index in [1.54, 1.807) is 7.05 Å². The van der Waals surface area contributed by atoms with Crippen molar-refractivity contribution in [2.45, 2.75) is 25.0 Å². The highest BCUT2D eigenvalue weighted by Crippen LogP contribution is 2.32. The van der Waals surface area contributed by atoms with E-state index in [9.17, 15) is 21.6 Å². The molecule has 1 aliphatic heterocycles. The van der Waals surface area contributed by atoms with Crippen LogP contribution in [0, 0.1) is 12.3 Å². The van der Waals surface area contributed by atoms with E-state index in [0.717, 1.165) is 0 Å². The number of terminal acetylenes is 1. The van der Waals surface area contributed by atoms with E-state index in [0.29, 0.717) is 24.2 Å². The largest absolute Gasteiger partial charge is 0.534 e. The number of hydrogen-bond donors (Lipinski definition) is 0. The maximum atomic E-state index is 12.4. The van der Waals surface area contributed by atoms with Crippen LogP contribution in [0.25, 0.3) is 0 Å². The summed E-state index contributed by atoms with van der Waals surface area (Å²) in [6.45, 7) is 0.929. The molecule has 0 bridgehead atoms. The van der Waals surface area contributed by atoms with Gasteiger partial charge in [0.2, 0.25) is 0 Å². The molecule has 0 atom stereocenters. The molecule has 0 N–H and O–H groups in total. The Morgan fingerprint density at radius 1 is 1.48 bits per heavy atom. The number of fused-ring (bicyclic) bond motifs is 1. The van der Waals surface area contributed by atoms with E-state index in [4.69, 9.17) is 6.42 Å². The first kappa shape index (κ1) is 15.7. The van der Waals surface area contributed by atoms with Crippen LogP contribution in [0.2, 0.25) is 0 Å². The zero-order chi connectivity index (χ0) is 15.8. The third-order valence-corrected chi connectivity index (χ3v) is 3.95. The van der Waals surface area contributed by atoms with Gasteiger partial charge in [-0.2, -0.15) is 21.6 Å². The fourth-order valence-electron chi connectivity index (χ4n) is 2.03.